The fraction of sp³-hybridized carbons (Fsp3) is 0.400. The Morgan fingerprint density at radius 3 is 2.83 bits per heavy atom. The van der Waals surface area contributed by atoms with Crippen LogP contribution in [0.4, 0.5) is 0 Å². The van der Waals surface area contributed by atoms with Gasteiger partial charge < -0.3 is 15.2 Å². The van der Waals surface area contributed by atoms with E-state index in [1.54, 1.807) is 12.1 Å². The van der Waals surface area contributed by atoms with Gasteiger partial charge in [0.05, 0.1) is 0 Å². The minimum Gasteiger partial charge on any atom is -0.357 e. The van der Waals surface area contributed by atoms with E-state index in [2.05, 4.69) is 39.6 Å². The van der Waals surface area contributed by atoms with E-state index in [4.69, 9.17) is 16.1 Å². The Labute approximate surface area is 158 Å². The normalized spacial score (nSPS) is 11.3. The van der Waals surface area contributed by atoms with Gasteiger partial charge in [0.1, 0.15) is 6.54 Å². The van der Waals surface area contributed by atoms with Crippen LogP contribution in [0.5, 0.6) is 0 Å². The smallest absolute Gasteiger partial charge is 0.248 e. The highest BCUT2D eigenvalue weighted by molar-refractivity contribution is 14.0. The zero-order chi connectivity index (χ0) is 15.9. The molecule has 0 unspecified atom stereocenters. The summed E-state index contributed by atoms with van der Waals surface area (Å²) in [6.45, 7) is 7.22. The van der Waals surface area contributed by atoms with Crippen LogP contribution in [0.25, 0.3) is 11.4 Å². The van der Waals surface area contributed by atoms with E-state index < -0.39 is 0 Å². The number of hydrogen-bond acceptors (Lipinski definition) is 4. The number of hydrogen-bond donors (Lipinski definition) is 2. The molecule has 1 aromatic carbocycles. The number of nitrogens with zero attached hydrogens (tertiary/aromatic N) is 3. The third kappa shape index (κ3) is 6.34. The molecule has 0 radical (unpaired) electrons. The minimum absolute atomic E-state index is 0. The molecule has 0 aliphatic rings. The average molecular weight is 450 g/mol. The summed E-state index contributed by atoms with van der Waals surface area (Å²) in [4.78, 5) is 8.75. The Kier molecular flexibility index (Phi) is 8.32. The van der Waals surface area contributed by atoms with Crippen molar-refractivity contribution in [1.82, 2.24) is 20.8 Å². The molecule has 0 saturated carbocycles. The molecule has 2 N–H and O–H groups in total. The Hall–Kier alpha value is -1.35. The predicted octanol–water partition coefficient (Wildman–Crippen LogP) is 3.47. The quantitative estimate of drug-likeness (QED) is 0.415. The van der Waals surface area contributed by atoms with Gasteiger partial charge in [0, 0.05) is 23.2 Å². The number of aromatic nitrogens is 2. The highest BCUT2D eigenvalue weighted by Crippen LogP contribution is 2.19. The molecule has 0 bridgehead atoms. The molecule has 0 aliphatic heterocycles. The van der Waals surface area contributed by atoms with Crippen LogP contribution < -0.4 is 10.6 Å². The van der Waals surface area contributed by atoms with E-state index in [1.807, 2.05) is 19.1 Å². The zero-order valence-corrected chi connectivity index (χ0v) is 16.4. The molecule has 2 aromatic rings. The van der Waals surface area contributed by atoms with Gasteiger partial charge >= 0.3 is 0 Å². The van der Waals surface area contributed by atoms with Crippen LogP contribution in [0.3, 0.4) is 0 Å². The first kappa shape index (κ1) is 19.7. The van der Waals surface area contributed by atoms with Crippen LogP contribution in [-0.2, 0) is 6.54 Å². The average Bonchev–Trinajstić information content (AvgIpc) is 2.93. The molecule has 0 aliphatic carbocycles. The van der Waals surface area contributed by atoms with Gasteiger partial charge in [0.25, 0.3) is 0 Å². The highest BCUT2D eigenvalue weighted by Gasteiger charge is 2.09. The maximum Gasteiger partial charge on any atom is 0.248 e. The maximum atomic E-state index is 5.96. The first-order chi connectivity index (χ1) is 10.6. The summed E-state index contributed by atoms with van der Waals surface area (Å²) < 4.78 is 5.23. The standard InChI is InChI=1S/C15H20ClN5O.HI/c1-4-17-15(19-10(2)3)18-9-13-20-14(21-22-13)11-6-5-7-12(16)8-11;/h5-8,10H,4,9H2,1-3H3,(H2,17,18,19);1H. The van der Waals surface area contributed by atoms with Gasteiger partial charge in [-0.25, -0.2) is 4.99 Å². The van der Waals surface area contributed by atoms with Crippen LogP contribution in [0.15, 0.2) is 33.8 Å². The second kappa shape index (κ2) is 9.71. The van der Waals surface area contributed by atoms with Gasteiger partial charge in [-0.2, -0.15) is 4.98 Å². The van der Waals surface area contributed by atoms with Crippen molar-refractivity contribution in [2.24, 2.45) is 4.99 Å². The van der Waals surface area contributed by atoms with Crippen molar-refractivity contribution in [3.8, 4) is 11.4 Å². The molecule has 0 saturated heterocycles. The Morgan fingerprint density at radius 1 is 1.39 bits per heavy atom. The molecule has 6 nitrogen and oxygen atoms in total. The lowest BCUT2D eigenvalue weighted by Crippen LogP contribution is -2.41. The summed E-state index contributed by atoms with van der Waals surface area (Å²) in [5.74, 6) is 1.69. The van der Waals surface area contributed by atoms with Crippen molar-refractivity contribution in [3.63, 3.8) is 0 Å². The Balaban J connectivity index is 0.00000264. The number of guanidine groups is 1. The molecule has 1 heterocycles. The van der Waals surface area contributed by atoms with Crippen LogP contribution >= 0.6 is 35.6 Å². The molecule has 2 rings (SSSR count). The predicted molar refractivity (Wildman–Crippen MR) is 103 cm³/mol. The molecular formula is C15H21ClIN5O. The number of benzene rings is 1. The van der Waals surface area contributed by atoms with Crippen LogP contribution in [0.2, 0.25) is 5.02 Å². The zero-order valence-electron chi connectivity index (χ0n) is 13.3. The second-order valence-corrected chi connectivity index (χ2v) is 5.45. The van der Waals surface area contributed by atoms with Crippen molar-refractivity contribution in [3.05, 3.63) is 35.2 Å². The SMILES string of the molecule is CCNC(=NCc1nc(-c2cccc(Cl)c2)no1)NC(C)C.I. The Bertz CT molecular complexity index is 644. The number of halogens is 2. The van der Waals surface area contributed by atoms with E-state index in [9.17, 15) is 0 Å². The molecule has 23 heavy (non-hydrogen) atoms. The van der Waals surface area contributed by atoms with Crippen molar-refractivity contribution < 1.29 is 4.52 Å². The molecular weight excluding hydrogens is 429 g/mol. The topological polar surface area (TPSA) is 75.3 Å². The molecule has 0 amide bonds. The minimum atomic E-state index is 0. The third-order valence-electron chi connectivity index (χ3n) is 2.69. The van der Waals surface area contributed by atoms with Gasteiger partial charge in [0.15, 0.2) is 5.96 Å². The summed E-state index contributed by atoms with van der Waals surface area (Å²) in [7, 11) is 0. The summed E-state index contributed by atoms with van der Waals surface area (Å²) in [6, 6.07) is 7.62. The van der Waals surface area contributed by atoms with Gasteiger partial charge in [-0.05, 0) is 32.9 Å². The van der Waals surface area contributed by atoms with Gasteiger partial charge in [-0.3, -0.25) is 0 Å². The molecule has 0 atom stereocenters. The van der Waals surface area contributed by atoms with Gasteiger partial charge in [0.2, 0.25) is 11.7 Å². The lowest BCUT2D eigenvalue weighted by molar-refractivity contribution is 0.380. The lowest BCUT2D eigenvalue weighted by Gasteiger charge is -2.13. The lowest BCUT2D eigenvalue weighted by atomic mass is 10.2. The van der Waals surface area contributed by atoms with E-state index in [1.165, 1.54) is 0 Å². The maximum absolute atomic E-state index is 5.96. The number of aliphatic imine (C=N–C) groups is 1. The molecule has 8 heteroatoms. The van der Waals surface area contributed by atoms with Crippen LogP contribution in [-0.4, -0.2) is 28.7 Å². The number of rotatable bonds is 5. The monoisotopic (exact) mass is 449 g/mol. The van der Waals surface area contributed by atoms with E-state index in [0.29, 0.717) is 29.3 Å². The highest BCUT2D eigenvalue weighted by atomic mass is 127. The Morgan fingerprint density at radius 2 is 2.17 bits per heavy atom. The summed E-state index contributed by atoms with van der Waals surface area (Å²) in [5.41, 5.74) is 0.818. The van der Waals surface area contributed by atoms with Crippen molar-refractivity contribution in [2.75, 3.05) is 6.54 Å². The fourth-order valence-corrected chi connectivity index (χ4v) is 1.99. The first-order valence-electron chi connectivity index (χ1n) is 7.22. The van der Waals surface area contributed by atoms with E-state index in [0.717, 1.165) is 18.1 Å². The third-order valence-corrected chi connectivity index (χ3v) is 2.93. The fourth-order valence-electron chi connectivity index (χ4n) is 1.80. The summed E-state index contributed by atoms with van der Waals surface area (Å²) >= 11 is 5.96. The first-order valence-corrected chi connectivity index (χ1v) is 7.59. The molecule has 126 valence electrons. The van der Waals surface area contributed by atoms with Gasteiger partial charge in [-0.1, -0.05) is 28.9 Å². The van der Waals surface area contributed by atoms with Gasteiger partial charge in [-0.15, -0.1) is 24.0 Å². The largest absolute Gasteiger partial charge is 0.357 e. The second-order valence-electron chi connectivity index (χ2n) is 5.02. The summed E-state index contributed by atoms with van der Waals surface area (Å²) in [6.07, 6.45) is 0. The molecule has 0 fully saturated rings. The van der Waals surface area contributed by atoms with Crippen molar-refractivity contribution in [2.45, 2.75) is 33.4 Å². The van der Waals surface area contributed by atoms with Crippen molar-refractivity contribution >= 4 is 41.5 Å². The van der Waals surface area contributed by atoms with Crippen molar-refractivity contribution in [1.29, 1.82) is 0 Å². The van der Waals surface area contributed by atoms with E-state index in [-0.39, 0.29) is 24.0 Å². The number of nitrogens with one attached hydrogen (secondary N) is 2. The molecule has 1 aromatic heterocycles. The summed E-state index contributed by atoms with van der Waals surface area (Å²) in [5, 5.41) is 11.0. The van der Waals surface area contributed by atoms with Crippen LogP contribution in [0.1, 0.15) is 26.7 Å². The van der Waals surface area contributed by atoms with E-state index >= 15 is 0 Å². The molecule has 0 spiro atoms. The van der Waals surface area contributed by atoms with Crippen LogP contribution in [0, 0.1) is 0 Å².